The van der Waals surface area contributed by atoms with E-state index >= 15 is 0 Å². The maximum Gasteiger partial charge on any atom is 0.0726 e. The van der Waals surface area contributed by atoms with Gasteiger partial charge in [-0.25, -0.2) is 0 Å². The van der Waals surface area contributed by atoms with Gasteiger partial charge >= 0.3 is 0 Å². The Morgan fingerprint density at radius 2 is 0.962 bits per heavy atom. The summed E-state index contributed by atoms with van der Waals surface area (Å²) in [5, 5.41) is 0. The lowest BCUT2D eigenvalue weighted by molar-refractivity contribution is 0.392. The Bertz CT molecular complexity index is 2590. The molecule has 0 aromatic heterocycles. The molecule has 0 radical (unpaired) electrons. The van der Waals surface area contributed by atoms with Gasteiger partial charge in [-0.2, -0.15) is 0 Å². The minimum absolute atomic E-state index is 0.0149. The normalized spacial score (nSPS) is 18.7. The Morgan fingerprint density at radius 1 is 0.453 bits per heavy atom. The monoisotopic (exact) mass is 677 g/mol. The highest BCUT2D eigenvalue weighted by Crippen LogP contribution is 2.63. The van der Waals surface area contributed by atoms with Gasteiger partial charge in [0.05, 0.1) is 5.41 Å². The number of nitrogens with zero attached hydrogens (tertiary/aromatic N) is 1. The van der Waals surface area contributed by atoms with Crippen molar-refractivity contribution in [3.8, 4) is 33.4 Å². The zero-order valence-corrected chi connectivity index (χ0v) is 30.0. The Hall–Kier alpha value is -6.18. The molecule has 0 saturated carbocycles. The van der Waals surface area contributed by atoms with Crippen LogP contribution in [0.3, 0.4) is 0 Å². The average molecular weight is 678 g/mol. The van der Waals surface area contributed by atoms with Crippen molar-refractivity contribution in [3.05, 3.63) is 227 Å². The molecule has 0 aliphatic heterocycles. The highest BCUT2D eigenvalue weighted by molar-refractivity contribution is 5.96. The first-order chi connectivity index (χ1) is 26.0. The van der Waals surface area contributed by atoms with E-state index < -0.39 is 5.41 Å². The number of anilines is 2. The molecular weight excluding hydrogens is 639 g/mol. The second kappa shape index (κ2) is 11.2. The summed E-state index contributed by atoms with van der Waals surface area (Å²) in [6, 6.07) is 63.4. The summed E-state index contributed by atoms with van der Waals surface area (Å²) in [5.74, 6) is 0.723. The van der Waals surface area contributed by atoms with Crippen molar-refractivity contribution < 1.29 is 0 Å². The van der Waals surface area contributed by atoms with E-state index in [-0.39, 0.29) is 5.41 Å². The molecule has 0 saturated heterocycles. The minimum atomic E-state index is -0.394. The predicted molar refractivity (Wildman–Crippen MR) is 220 cm³/mol. The average Bonchev–Trinajstić information content (AvgIpc) is 3.77. The van der Waals surface area contributed by atoms with Gasteiger partial charge in [0.15, 0.2) is 0 Å². The van der Waals surface area contributed by atoms with Gasteiger partial charge in [-0.15, -0.1) is 0 Å². The van der Waals surface area contributed by atoms with Gasteiger partial charge in [0.2, 0.25) is 0 Å². The smallest absolute Gasteiger partial charge is 0.0726 e. The van der Waals surface area contributed by atoms with Crippen LogP contribution in [0.4, 0.5) is 11.4 Å². The zero-order valence-electron chi connectivity index (χ0n) is 30.0. The van der Waals surface area contributed by atoms with Gasteiger partial charge in [-0.05, 0) is 108 Å². The van der Waals surface area contributed by atoms with E-state index in [9.17, 15) is 0 Å². The maximum atomic E-state index is 2.56. The van der Waals surface area contributed by atoms with Crippen LogP contribution >= 0.6 is 0 Å². The van der Waals surface area contributed by atoms with Gasteiger partial charge in [0.25, 0.3) is 0 Å². The fourth-order valence-corrected chi connectivity index (χ4v) is 10.4. The summed E-state index contributed by atoms with van der Waals surface area (Å²) in [4.78, 5) is 2.50. The highest BCUT2D eigenvalue weighted by Gasteiger charge is 2.52. The molecule has 0 N–H and O–H groups in total. The van der Waals surface area contributed by atoms with Crippen molar-refractivity contribution in [2.45, 2.75) is 30.6 Å². The Balaban J connectivity index is 1.13. The lowest BCUT2D eigenvalue weighted by atomic mass is 9.70. The van der Waals surface area contributed by atoms with Crippen LogP contribution in [0.1, 0.15) is 53.1 Å². The molecular formula is C52H39N. The van der Waals surface area contributed by atoms with Crippen LogP contribution in [0.2, 0.25) is 0 Å². The van der Waals surface area contributed by atoms with Crippen molar-refractivity contribution in [2.75, 3.05) is 4.90 Å². The summed E-state index contributed by atoms with van der Waals surface area (Å²) < 4.78 is 0. The van der Waals surface area contributed by atoms with Crippen molar-refractivity contribution in [1.82, 2.24) is 0 Å². The fraction of sp³-hybridized carbons (Fsp3) is 0.115. The second-order valence-corrected chi connectivity index (χ2v) is 15.7. The molecule has 1 spiro atoms. The van der Waals surface area contributed by atoms with Gasteiger partial charge in [0, 0.05) is 23.0 Å². The van der Waals surface area contributed by atoms with Gasteiger partial charge in [-0.3, -0.25) is 0 Å². The van der Waals surface area contributed by atoms with E-state index in [4.69, 9.17) is 0 Å². The lowest BCUT2D eigenvalue weighted by Crippen LogP contribution is -2.28. The number of hydrogen-bond acceptors (Lipinski definition) is 1. The molecule has 7 aromatic carbocycles. The van der Waals surface area contributed by atoms with Gasteiger partial charge < -0.3 is 4.90 Å². The summed E-state index contributed by atoms with van der Waals surface area (Å²) >= 11 is 0. The van der Waals surface area contributed by atoms with Crippen LogP contribution < -0.4 is 4.90 Å². The Kier molecular flexibility index (Phi) is 6.41. The number of fused-ring (bicyclic) bond motifs is 13. The number of hydrogen-bond donors (Lipinski definition) is 0. The van der Waals surface area contributed by atoms with Crippen molar-refractivity contribution in [2.24, 2.45) is 5.92 Å². The van der Waals surface area contributed by atoms with E-state index in [0.29, 0.717) is 11.8 Å². The molecule has 4 aliphatic carbocycles. The van der Waals surface area contributed by atoms with Crippen molar-refractivity contribution in [3.63, 3.8) is 0 Å². The summed E-state index contributed by atoms with van der Waals surface area (Å²) in [6.07, 6.45) is 7.41. The van der Waals surface area contributed by atoms with Gasteiger partial charge in [0.1, 0.15) is 0 Å². The third-order valence-electron chi connectivity index (χ3n) is 12.8. The first-order valence-corrected chi connectivity index (χ1v) is 18.9. The van der Waals surface area contributed by atoms with Crippen LogP contribution in [0.25, 0.3) is 33.4 Å². The van der Waals surface area contributed by atoms with Crippen molar-refractivity contribution >= 4 is 11.4 Å². The third kappa shape index (κ3) is 4.14. The van der Waals surface area contributed by atoms with Crippen LogP contribution in [0.5, 0.6) is 0 Å². The molecule has 0 fully saturated rings. The highest BCUT2D eigenvalue weighted by atomic mass is 15.1. The molecule has 2 unspecified atom stereocenters. The first kappa shape index (κ1) is 30.4. The van der Waals surface area contributed by atoms with Crippen molar-refractivity contribution in [1.29, 1.82) is 0 Å². The molecule has 4 aliphatic rings. The van der Waals surface area contributed by atoms with E-state index in [0.717, 1.165) is 5.69 Å². The molecule has 0 bridgehead atoms. The maximum absolute atomic E-state index is 2.56. The second-order valence-electron chi connectivity index (χ2n) is 15.7. The number of allylic oxidation sites excluding steroid dienone is 3. The van der Waals surface area contributed by atoms with Crippen LogP contribution in [0.15, 0.2) is 194 Å². The molecule has 0 amide bonds. The van der Waals surface area contributed by atoms with Crippen LogP contribution in [-0.2, 0) is 10.8 Å². The molecule has 53 heavy (non-hydrogen) atoms. The summed E-state index contributed by atoms with van der Waals surface area (Å²) in [5.41, 5.74) is 19.3. The standard InChI is InChI=1S/C52H39N/c1-51(2)45-20-10-6-16-39(45)43-30-28-37(32-49(43)51)53(36-26-24-35(25-27-36)34-14-4-3-5-15-34)38-29-31-44-42-19-9-13-23-48(42)52(50(44)33-38)46-21-11-7-17-40(46)41-18-8-12-22-47(41)52/h3-33,43,49H,1-2H3. The molecule has 11 rings (SSSR count). The Morgan fingerprint density at radius 3 is 1.60 bits per heavy atom. The molecule has 1 heteroatoms. The SMILES string of the molecule is CC1(C)c2ccccc2C2C=CC(N(c3ccc(-c4ccccc4)cc3)c3ccc4c(c3)C3(c5ccccc5-c5ccccc53)c3ccccc3-4)=CC21. The van der Waals surface area contributed by atoms with Gasteiger partial charge in [-0.1, -0.05) is 172 Å². The number of rotatable bonds is 4. The van der Waals surface area contributed by atoms with E-state index in [1.807, 2.05) is 0 Å². The first-order valence-electron chi connectivity index (χ1n) is 18.9. The summed E-state index contributed by atoms with van der Waals surface area (Å²) in [6.45, 7) is 4.85. The quantitative estimate of drug-likeness (QED) is 0.179. The fourth-order valence-electron chi connectivity index (χ4n) is 10.4. The lowest BCUT2D eigenvalue weighted by Gasteiger charge is -2.35. The molecule has 0 heterocycles. The topological polar surface area (TPSA) is 3.24 Å². The minimum Gasteiger partial charge on any atom is -0.311 e. The van der Waals surface area contributed by atoms with E-state index in [1.165, 1.54) is 78.1 Å². The molecule has 2 atom stereocenters. The molecule has 1 nitrogen and oxygen atoms in total. The Labute approximate surface area is 312 Å². The zero-order chi connectivity index (χ0) is 35.3. The van der Waals surface area contributed by atoms with Crippen LogP contribution in [0, 0.1) is 5.92 Å². The third-order valence-corrected chi connectivity index (χ3v) is 12.8. The van der Waals surface area contributed by atoms with E-state index in [2.05, 4.69) is 207 Å². The largest absolute Gasteiger partial charge is 0.311 e. The van der Waals surface area contributed by atoms with Crippen LogP contribution in [-0.4, -0.2) is 0 Å². The predicted octanol–water partition coefficient (Wildman–Crippen LogP) is 13.0. The molecule has 252 valence electrons. The summed E-state index contributed by atoms with van der Waals surface area (Å²) in [7, 11) is 0. The van der Waals surface area contributed by atoms with E-state index in [1.54, 1.807) is 0 Å². The number of benzene rings is 7. The molecule has 7 aromatic rings.